The van der Waals surface area contributed by atoms with Gasteiger partial charge < -0.3 is 19.8 Å². The summed E-state index contributed by atoms with van der Waals surface area (Å²) in [4.78, 5) is 45.9. The molecule has 1 unspecified atom stereocenters. The average Bonchev–Trinajstić information content (AvgIpc) is 3.85. The third kappa shape index (κ3) is 4.93. The Morgan fingerprint density at radius 3 is 2.26 bits per heavy atom. The van der Waals surface area contributed by atoms with Crippen LogP contribution in [0.25, 0.3) is 0 Å². The van der Waals surface area contributed by atoms with Gasteiger partial charge in [0.25, 0.3) is 0 Å². The molecule has 4 heterocycles. The molecule has 0 spiro atoms. The maximum Gasteiger partial charge on any atom is 0.229 e. The molecule has 1 N–H and O–H groups in total. The van der Waals surface area contributed by atoms with Crippen LogP contribution in [0.2, 0.25) is 0 Å². The van der Waals surface area contributed by atoms with Crippen LogP contribution < -0.4 is 14.7 Å². The van der Waals surface area contributed by atoms with E-state index in [2.05, 4.69) is 58.6 Å². The third-order valence-electron chi connectivity index (χ3n) is 13.5. The second kappa shape index (κ2) is 11.5. The zero-order chi connectivity index (χ0) is 32.6. The fourth-order valence-corrected chi connectivity index (χ4v) is 10.7. The standard InChI is InChI=1S/C38H52N6O3/c1-26-22-31-29-9-8-27-23-28(45)10-12-36(27,2)30(29)11-13-37(31,3)38(26,47)32(46)25-41-18-20-43(21-19-41)34-24-33(42-14-4-5-15-42)39-35(40-34)44-16-6-7-17-44/h10-12,23-24,26,29,31,47H,4-9,13-22,25H2,1-3H3/t26?,29-,31+,36+,37+,38+/m1/s1. The predicted molar refractivity (Wildman–Crippen MR) is 185 cm³/mol. The number of aromatic nitrogens is 2. The summed E-state index contributed by atoms with van der Waals surface area (Å²) in [7, 11) is 0. The zero-order valence-electron chi connectivity index (χ0n) is 28.6. The van der Waals surface area contributed by atoms with Crippen molar-refractivity contribution in [2.24, 2.45) is 28.6 Å². The van der Waals surface area contributed by atoms with Crippen LogP contribution in [0.5, 0.6) is 0 Å². The number of Topliss-reactive ketones (excluding diaryl/α,β-unsaturated/α-hetero) is 1. The Morgan fingerprint density at radius 1 is 0.936 bits per heavy atom. The number of fused-ring (bicyclic) bond motifs is 5. The Labute approximate surface area is 279 Å². The normalized spacial score (nSPS) is 37.1. The van der Waals surface area contributed by atoms with E-state index < -0.39 is 11.0 Å². The average molecular weight is 641 g/mol. The molecule has 7 aliphatic rings. The van der Waals surface area contributed by atoms with E-state index in [-0.39, 0.29) is 35.4 Å². The zero-order valence-corrected chi connectivity index (χ0v) is 28.6. The van der Waals surface area contributed by atoms with Crippen molar-refractivity contribution < 1.29 is 14.7 Å². The Balaban J connectivity index is 0.969. The summed E-state index contributed by atoms with van der Waals surface area (Å²) < 4.78 is 0. The first-order valence-corrected chi connectivity index (χ1v) is 18.4. The summed E-state index contributed by atoms with van der Waals surface area (Å²) in [5, 5.41) is 12.5. The van der Waals surface area contributed by atoms with E-state index in [9.17, 15) is 14.7 Å². The number of rotatable bonds is 6. The molecule has 0 amide bonds. The van der Waals surface area contributed by atoms with Gasteiger partial charge in [-0.3, -0.25) is 14.5 Å². The number of hydrogen-bond donors (Lipinski definition) is 1. The molecule has 9 heteroatoms. The highest BCUT2D eigenvalue weighted by Gasteiger charge is 2.67. The number of hydrogen-bond acceptors (Lipinski definition) is 9. The van der Waals surface area contributed by atoms with Gasteiger partial charge in [-0.25, -0.2) is 0 Å². The Kier molecular flexibility index (Phi) is 7.67. The number of ketones is 2. The molecular weight excluding hydrogens is 588 g/mol. The van der Waals surface area contributed by atoms with Crippen LogP contribution in [-0.4, -0.2) is 96.0 Å². The van der Waals surface area contributed by atoms with E-state index in [4.69, 9.17) is 9.97 Å². The quantitative estimate of drug-likeness (QED) is 0.449. The lowest BCUT2D eigenvalue weighted by Crippen LogP contribution is -2.60. The highest BCUT2D eigenvalue weighted by molar-refractivity contribution is 6.01. The van der Waals surface area contributed by atoms with E-state index in [1.165, 1.54) is 36.8 Å². The molecule has 8 rings (SSSR count). The summed E-state index contributed by atoms with van der Waals surface area (Å²) in [6, 6.07) is 2.17. The smallest absolute Gasteiger partial charge is 0.229 e. The fourth-order valence-electron chi connectivity index (χ4n) is 10.7. The van der Waals surface area contributed by atoms with Crippen LogP contribution >= 0.6 is 0 Å². The van der Waals surface area contributed by atoms with E-state index in [1.54, 1.807) is 6.08 Å². The minimum atomic E-state index is -1.35. The topological polar surface area (TPSA) is 93.1 Å². The van der Waals surface area contributed by atoms with Crippen molar-refractivity contribution in [3.63, 3.8) is 0 Å². The van der Waals surface area contributed by atoms with Gasteiger partial charge in [-0.2, -0.15) is 9.97 Å². The van der Waals surface area contributed by atoms with Gasteiger partial charge in [-0.05, 0) is 88.2 Å². The van der Waals surface area contributed by atoms with Crippen molar-refractivity contribution in [2.75, 3.05) is 73.6 Å². The van der Waals surface area contributed by atoms with E-state index in [1.807, 2.05) is 6.08 Å². The Bertz CT molecular complexity index is 1500. The number of piperazine rings is 1. The van der Waals surface area contributed by atoms with E-state index in [0.29, 0.717) is 12.3 Å². The predicted octanol–water partition coefficient (Wildman–Crippen LogP) is 4.57. The van der Waals surface area contributed by atoms with Gasteiger partial charge in [0, 0.05) is 69.3 Å². The van der Waals surface area contributed by atoms with Crippen molar-refractivity contribution >= 4 is 29.2 Å². The maximum absolute atomic E-state index is 14.3. The Morgan fingerprint density at radius 2 is 1.57 bits per heavy atom. The van der Waals surface area contributed by atoms with Crippen LogP contribution in [-0.2, 0) is 9.59 Å². The Hall–Kier alpha value is -3.04. The molecule has 252 valence electrons. The van der Waals surface area contributed by atoms with E-state index in [0.717, 1.165) is 89.2 Å². The van der Waals surface area contributed by atoms with Crippen LogP contribution in [0.3, 0.4) is 0 Å². The number of carbonyl (C=O) groups is 2. The number of nitrogens with zero attached hydrogens (tertiary/aromatic N) is 6. The molecule has 1 aromatic heterocycles. The molecular formula is C38H52N6O3. The highest BCUT2D eigenvalue weighted by Crippen LogP contribution is 2.66. The van der Waals surface area contributed by atoms with Crippen molar-refractivity contribution in [1.82, 2.24) is 14.9 Å². The van der Waals surface area contributed by atoms with Crippen molar-refractivity contribution in [1.29, 1.82) is 0 Å². The second-order valence-electron chi connectivity index (χ2n) is 16.0. The summed E-state index contributed by atoms with van der Waals surface area (Å²) in [6.07, 6.45) is 16.2. The second-order valence-corrected chi connectivity index (χ2v) is 16.0. The first-order valence-electron chi connectivity index (χ1n) is 18.4. The molecule has 0 aromatic carbocycles. The lowest BCUT2D eigenvalue weighted by molar-refractivity contribution is -0.159. The van der Waals surface area contributed by atoms with E-state index >= 15 is 0 Å². The van der Waals surface area contributed by atoms with Crippen molar-refractivity contribution in [3.05, 3.63) is 41.5 Å². The molecule has 9 nitrogen and oxygen atoms in total. The van der Waals surface area contributed by atoms with Gasteiger partial charge in [0.15, 0.2) is 11.6 Å². The summed E-state index contributed by atoms with van der Waals surface area (Å²) in [5.74, 6) is 3.45. The SMILES string of the molecule is CC1C[C@H]2[C@@H]3CCC4=CC(=O)C=C[C@]4(C)C3=CC[C@]2(C)[C@@]1(O)C(=O)CN1CCN(c2cc(N3CCCC3)nc(N3CCCC3)n2)CC1. The lowest BCUT2D eigenvalue weighted by Gasteiger charge is -2.54. The molecule has 1 aromatic rings. The van der Waals surface area contributed by atoms with Crippen LogP contribution in [0.4, 0.5) is 17.6 Å². The molecule has 2 saturated carbocycles. The van der Waals surface area contributed by atoms with Gasteiger partial charge in [0.1, 0.15) is 17.2 Å². The van der Waals surface area contributed by atoms with Gasteiger partial charge in [-0.1, -0.05) is 37.1 Å². The van der Waals surface area contributed by atoms with Gasteiger partial charge in [0.2, 0.25) is 5.95 Å². The third-order valence-corrected chi connectivity index (χ3v) is 13.5. The van der Waals surface area contributed by atoms with Crippen LogP contribution in [0, 0.1) is 28.6 Å². The molecule has 5 fully saturated rings. The largest absolute Gasteiger partial charge is 0.381 e. The molecule has 4 aliphatic carbocycles. The minimum Gasteiger partial charge on any atom is -0.381 e. The molecule has 6 atom stereocenters. The fraction of sp³-hybridized carbons (Fsp3) is 0.684. The molecule has 0 bridgehead atoms. The molecule has 3 saturated heterocycles. The van der Waals surface area contributed by atoms with Gasteiger partial charge in [-0.15, -0.1) is 0 Å². The summed E-state index contributed by atoms with van der Waals surface area (Å²) in [5.41, 5.74) is 0.541. The van der Waals surface area contributed by atoms with Crippen molar-refractivity contribution in [2.45, 2.75) is 77.7 Å². The molecule has 3 aliphatic heterocycles. The number of anilines is 3. The van der Waals surface area contributed by atoms with Crippen molar-refractivity contribution in [3.8, 4) is 0 Å². The summed E-state index contributed by atoms with van der Waals surface area (Å²) >= 11 is 0. The molecule has 47 heavy (non-hydrogen) atoms. The number of aliphatic hydroxyl groups is 1. The van der Waals surface area contributed by atoms with Gasteiger partial charge in [0.05, 0.1) is 6.54 Å². The van der Waals surface area contributed by atoms with Gasteiger partial charge >= 0.3 is 0 Å². The lowest BCUT2D eigenvalue weighted by atomic mass is 9.51. The first kappa shape index (κ1) is 31.2. The van der Waals surface area contributed by atoms with Crippen LogP contribution in [0.15, 0.2) is 41.5 Å². The summed E-state index contributed by atoms with van der Waals surface area (Å²) in [6.45, 7) is 14.1. The van der Waals surface area contributed by atoms with Crippen LogP contribution in [0.1, 0.15) is 72.1 Å². The first-order chi connectivity index (χ1) is 22.6. The monoisotopic (exact) mass is 640 g/mol. The number of carbonyl (C=O) groups excluding carboxylic acids is 2. The number of allylic oxidation sites excluding steroid dienone is 6. The minimum absolute atomic E-state index is 0.0132. The maximum atomic E-state index is 14.3. The molecule has 0 radical (unpaired) electrons. The highest BCUT2D eigenvalue weighted by atomic mass is 16.3.